The number of hydrogen-bond acceptors (Lipinski definition) is 3. The number of amides is 2. The highest BCUT2D eigenvalue weighted by atomic mass is 19.1. The van der Waals surface area contributed by atoms with E-state index in [0.717, 1.165) is 18.9 Å². The number of aliphatic hydroxyl groups excluding tert-OH is 1. The molecule has 0 bridgehead atoms. The van der Waals surface area contributed by atoms with Gasteiger partial charge in [0.25, 0.3) is 5.91 Å². The van der Waals surface area contributed by atoms with E-state index in [4.69, 9.17) is 0 Å². The Bertz CT molecular complexity index is 541. The SMILES string of the molecule is CC(=O)Nc1cc(C(=O)NCC2(CO)CC2)ccc1F. The third kappa shape index (κ3) is 3.33. The molecule has 1 aromatic rings. The molecule has 5 nitrogen and oxygen atoms in total. The first kappa shape index (κ1) is 14.5. The van der Waals surface area contributed by atoms with E-state index in [1.54, 1.807) is 0 Å². The molecule has 1 fully saturated rings. The highest BCUT2D eigenvalue weighted by molar-refractivity contribution is 5.96. The Kier molecular flexibility index (Phi) is 4.04. The summed E-state index contributed by atoms with van der Waals surface area (Å²) in [5.41, 5.74) is 0.0632. The van der Waals surface area contributed by atoms with Gasteiger partial charge in [-0.25, -0.2) is 4.39 Å². The number of rotatable bonds is 5. The van der Waals surface area contributed by atoms with E-state index in [1.807, 2.05) is 0 Å². The molecular formula is C14H17FN2O3. The van der Waals surface area contributed by atoms with Crippen LogP contribution >= 0.6 is 0 Å². The van der Waals surface area contributed by atoms with E-state index in [-0.39, 0.29) is 29.2 Å². The molecule has 0 saturated heterocycles. The van der Waals surface area contributed by atoms with Crippen LogP contribution in [0.4, 0.5) is 10.1 Å². The molecule has 108 valence electrons. The van der Waals surface area contributed by atoms with E-state index < -0.39 is 11.7 Å². The molecule has 1 aliphatic carbocycles. The zero-order valence-electron chi connectivity index (χ0n) is 11.2. The zero-order chi connectivity index (χ0) is 14.8. The van der Waals surface area contributed by atoms with Crippen molar-refractivity contribution in [1.82, 2.24) is 5.32 Å². The van der Waals surface area contributed by atoms with Crippen molar-refractivity contribution in [3.63, 3.8) is 0 Å². The van der Waals surface area contributed by atoms with Crippen LogP contribution in [-0.2, 0) is 4.79 Å². The number of anilines is 1. The minimum absolute atomic E-state index is 0.0200. The lowest BCUT2D eigenvalue weighted by atomic mass is 10.1. The summed E-state index contributed by atoms with van der Waals surface area (Å²) in [6.07, 6.45) is 1.79. The summed E-state index contributed by atoms with van der Waals surface area (Å²) in [5.74, 6) is -1.35. The molecule has 3 N–H and O–H groups in total. The number of aliphatic hydroxyl groups is 1. The fourth-order valence-corrected chi connectivity index (χ4v) is 1.89. The predicted molar refractivity (Wildman–Crippen MR) is 71.8 cm³/mol. The molecule has 20 heavy (non-hydrogen) atoms. The summed E-state index contributed by atoms with van der Waals surface area (Å²) in [4.78, 5) is 22.9. The van der Waals surface area contributed by atoms with Gasteiger partial charge in [-0.1, -0.05) is 0 Å². The Morgan fingerprint density at radius 1 is 1.40 bits per heavy atom. The highest BCUT2D eigenvalue weighted by Gasteiger charge is 2.42. The van der Waals surface area contributed by atoms with Crippen molar-refractivity contribution < 1.29 is 19.1 Å². The Morgan fingerprint density at radius 3 is 2.65 bits per heavy atom. The standard InChI is InChI=1S/C14H17FN2O3/c1-9(19)17-12-6-10(2-3-11(12)15)13(20)16-7-14(8-18)4-5-14/h2-3,6,18H,4-5,7-8H2,1H3,(H,16,20)(H,17,19). The Morgan fingerprint density at radius 2 is 2.10 bits per heavy atom. The van der Waals surface area contributed by atoms with Gasteiger partial charge < -0.3 is 15.7 Å². The van der Waals surface area contributed by atoms with Crippen molar-refractivity contribution in [2.45, 2.75) is 19.8 Å². The first-order valence-electron chi connectivity index (χ1n) is 6.42. The monoisotopic (exact) mass is 280 g/mol. The molecule has 6 heteroatoms. The van der Waals surface area contributed by atoms with Crippen LogP contribution in [0.5, 0.6) is 0 Å². The number of carbonyl (C=O) groups is 2. The molecule has 0 atom stereocenters. The average molecular weight is 280 g/mol. The molecule has 0 unspecified atom stereocenters. The van der Waals surface area contributed by atoms with Gasteiger partial charge >= 0.3 is 0 Å². The van der Waals surface area contributed by atoms with Gasteiger partial charge in [-0.3, -0.25) is 9.59 Å². The normalized spacial score (nSPS) is 15.6. The molecule has 0 aliphatic heterocycles. The fourth-order valence-electron chi connectivity index (χ4n) is 1.89. The van der Waals surface area contributed by atoms with Crippen molar-refractivity contribution in [2.24, 2.45) is 5.41 Å². The smallest absolute Gasteiger partial charge is 0.251 e. The number of benzene rings is 1. The summed E-state index contributed by atoms with van der Waals surface area (Å²) in [7, 11) is 0. The Hall–Kier alpha value is -1.95. The van der Waals surface area contributed by atoms with Gasteiger partial charge in [-0.05, 0) is 31.0 Å². The summed E-state index contributed by atoms with van der Waals surface area (Å²) in [5, 5.41) is 14.2. The van der Waals surface area contributed by atoms with Gasteiger partial charge in [-0.2, -0.15) is 0 Å². The van der Waals surface area contributed by atoms with Crippen LogP contribution in [0.2, 0.25) is 0 Å². The second-order valence-electron chi connectivity index (χ2n) is 5.22. The number of hydrogen-bond donors (Lipinski definition) is 3. The van der Waals surface area contributed by atoms with E-state index in [9.17, 15) is 19.1 Å². The zero-order valence-corrected chi connectivity index (χ0v) is 11.2. The summed E-state index contributed by atoms with van der Waals surface area (Å²) in [6, 6.07) is 3.79. The molecule has 1 aromatic carbocycles. The molecular weight excluding hydrogens is 263 g/mol. The van der Waals surface area contributed by atoms with Gasteiger partial charge in [0.05, 0.1) is 12.3 Å². The maximum absolute atomic E-state index is 13.5. The lowest BCUT2D eigenvalue weighted by Crippen LogP contribution is -2.31. The predicted octanol–water partition coefficient (Wildman–Crippen LogP) is 1.29. The van der Waals surface area contributed by atoms with Crippen molar-refractivity contribution in [2.75, 3.05) is 18.5 Å². The second kappa shape index (κ2) is 5.58. The minimum atomic E-state index is -0.592. The van der Waals surface area contributed by atoms with Crippen LogP contribution in [0.1, 0.15) is 30.1 Å². The maximum atomic E-state index is 13.5. The summed E-state index contributed by atoms with van der Waals surface area (Å²) in [6.45, 7) is 1.72. The summed E-state index contributed by atoms with van der Waals surface area (Å²) >= 11 is 0. The Labute approximate surface area is 116 Å². The molecule has 1 saturated carbocycles. The Balaban J connectivity index is 2.04. The van der Waals surface area contributed by atoms with Crippen molar-refractivity contribution >= 4 is 17.5 Å². The lowest BCUT2D eigenvalue weighted by Gasteiger charge is -2.13. The van der Waals surface area contributed by atoms with E-state index in [2.05, 4.69) is 10.6 Å². The number of halogens is 1. The second-order valence-corrected chi connectivity index (χ2v) is 5.22. The van der Waals surface area contributed by atoms with E-state index >= 15 is 0 Å². The minimum Gasteiger partial charge on any atom is -0.396 e. The molecule has 0 radical (unpaired) electrons. The molecule has 0 aromatic heterocycles. The van der Waals surface area contributed by atoms with Crippen LogP contribution < -0.4 is 10.6 Å². The van der Waals surface area contributed by atoms with Gasteiger partial charge in [0, 0.05) is 24.4 Å². The quantitative estimate of drug-likeness (QED) is 0.760. The first-order chi connectivity index (χ1) is 9.46. The third-order valence-corrected chi connectivity index (χ3v) is 3.46. The van der Waals surface area contributed by atoms with Crippen LogP contribution in [-0.4, -0.2) is 30.1 Å². The average Bonchev–Trinajstić information content (AvgIpc) is 3.19. The van der Waals surface area contributed by atoms with E-state index in [1.165, 1.54) is 19.1 Å². The van der Waals surface area contributed by atoms with Gasteiger partial charge in [0.15, 0.2) is 0 Å². The van der Waals surface area contributed by atoms with Gasteiger partial charge in [0.1, 0.15) is 5.82 Å². The lowest BCUT2D eigenvalue weighted by molar-refractivity contribution is -0.114. The number of carbonyl (C=O) groups excluding carboxylic acids is 2. The van der Waals surface area contributed by atoms with Crippen molar-refractivity contribution in [3.8, 4) is 0 Å². The topological polar surface area (TPSA) is 78.4 Å². The molecule has 0 spiro atoms. The van der Waals surface area contributed by atoms with Gasteiger partial charge in [-0.15, -0.1) is 0 Å². The van der Waals surface area contributed by atoms with Crippen LogP contribution in [0, 0.1) is 11.2 Å². The molecule has 2 amide bonds. The van der Waals surface area contributed by atoms with Crippen molar-refractivity contribution in [3.05, 3.63) is 29.6 Å². The van der Waals surface area contributed by atoms with Crippen LogP contribution in [0.3, 0.4) is 0 Å². The van der Waals surface area contributed by atoms with Gasteiger partial charge in [0.2, 0.25) is 5.91 Å². The van der Waals surface area contributed by atoms with Crippen LogP contribution in [0.25, 0.3) is 0 Å². The molecule has 0 heterocycles. The molecule has 1 aliphatic rings. The maximum Gasteiger partial charge on any atom is 0.251 e. The fraction of sp³-hybridized carbons (Fsp3) is 0.429. The number of nitrogens with one attached hydrogen (secondary N) is 2. The summed E-state index contributed by atoms with van der Waals surface area (Å²) < 4.78 is 13.5. The first-order valence-corrected chi connectivity index (χ1v) is 6.42. The van der Waals surface area contributed by atoms with Crippen molar-refractivity contribution in [1.29, 1.82) is 0 Å². The highest BCUT2D eigenvalue weighted by Crippen LogP contribution is 2.44. The van der Waals surface area contributed by atoms with E-state index in [0.29, 0.717) is 6.54 Å². The van der Waals surface area contributed by atoms with Crippen LogP contribution in [0.15, 0.2) is 18.2 Å². The third-order valence-electron chi connectivity index (χ3n) is 3.46. The largest absolute Gasteiger partial charge is 0.396 e. The molecule has 2 rings (SSSR count).